The van der Waals surface area contributed by atoms with Crippen molar-refractivity contribution in [1.29, 1.82) is 0 Å². The Morgan fingerprint density at radius 3 is 2.64 bits per heavy atom. The van der Waals surface area contributed by atoms with E-state index in [1.807, 2.05) is 0 Å². The van der Waals surface area contributed by atoms with Crippen molar-refractivity contribution in [3.8, 4) is 0 Å². The van der Waals surface area contributed by atoms with E-state index in [4.69, 9.17) is 4.52 Å². The van der Waals surface area contributed by atoms with Gasteiger partial charge in [0.15, 0.2) is 0 Å². The van der Waals surface area contributed by atoms with E-state index in [-0.39, 0.29) is 0 Å². The highest BCUT2D eigenvalue weighted by atomic mass is 16.5. The summed E-state index contributed by atoms with van der Waals surface area (Å²) in [6.45, 7) is 12.3. The Bertz CT molecular complexity index is 467. The Balaban J connectivity index is 1.54. The summed E-state index contributed by atoms with van der Waals surface area (Å²) in [6, 6.07) is 0. The Morgan fingerprint density at radius 1 is 1.18 bits per heavy atom. The van der Waals surface area contributed by atoms with Gasteiger partial charge in [-0.25, -0.2) is 0 Å². The van der Waals surface area contributed by atoms with E-state index < -0.39 is 0 Å². The second-order valence-corrected chi connectivity index (χ2v) is 7.15. The summed E-state index contributed by atoms with van der Waals surface area (Å²) in [5.74, 6) is 2.55. The quantitative estimate of drug-likeness (QED) is 0.843. The molecule has 1 aromatic heterocycles. The first-order valence-corrected chi connectivity index (χ1v) is 8.61. The van der Waals surface area contributed by atoms with Crippen molar-refractivity contribution in [2.24, 2.45) is 5.92 Å². The molecular weight excluding hydrogens is 278 g/mol. The molecule has 2 aliphatic heterocycles. The van der Waals surface area contributed by atoms with E-state index in [0.29, 0.717) is 5.92 Å². The molecule has 3 heterocycles. The summed E-state index contributed by atoms with van der Waals surface area (Å²) in [5.41, 5.74) is 0. The normalized spacial score (nSPS) is 25.1. The van der Waals surface area contributed by atoms with Gasteiger partial charge in [0.2, 0.25) is 5.89 Å². The summed E-state index contributed by atoms with van der Waals surface area (Å²) in [6.07, 6.45) is 2.54. The molecule has 6 nitrogen and oxygen atoms in total. The molecule has 0 radical (unpaired) electrons. The van der Waals surface area contributed by atoms with Crippen LogP contribution in [0.1, 0.15) is 38.5 Å². The largest absolute Gasteiger partial charge is 0.338 e. The zero-order valence-corrected chi connectivity index (χ0v) is 14.2. The van der Waals surface area contributed by atoms with Crippen molar-refractivity contribution in [3.63, 3.8) is 0 Å². The van der Waals surface area contributed by atoms with Gasteiger partial charge in [0.1, 0.15) is 0 Å². The molecule has 0 bridgehead atoms. The molecule has 124 valence electrons. The van der Waals surface area contributed by atoms with Crippen LogP contribution in [-0.4, -0.2) is 72.8 Å². The van der Waals surface area contributed by atoms with E-state index >= 15 is 0 Å². The minimum absolute atomic E-state index is 0.298. The van der Waals surface area contributed by atoms with E-state index in [2.05, 4.69) is 45.7 Å². The van der Waals surface area contributed by atoms with Gasteiger partial charge in [-0.3, -0.25) is 0 Å². The van der Waals surface area contributed by atoms with Gasteiger partial charge in [0.05, 0.1) is 0 Å². The number of anilines is 1. The smallest absolute Gasteiger partial charge is 0.266 e. The predicted octanol–water partition coefficient (Wildman–Crippen LogP) is 1.66. The molecular formula is C16H29N5O. The van der Waals surface area contributed by atoms with Crippen LogP contribution in [0.25, 0.3) is 0 Å². The van der Waals surface area contributed by atoms with Crippen molar-refractivity contribution in [3.05, 3.63) is 5.89 Å². The first kappa shape index (κ1) is 15.7. The summed E-state index contributed by atoms with van der Waals surface area (Å²) in [4.78, 5) is 11.9. The number of hydrogen-bond donors (Lipinski definition) is 0. The van der Waals surface area contributed by atoms with E-state index in [9.17, 15) is 0 Å². The minimum Gasteiger partial charge on any atom is -0.338 e. The third kappa shape index (κ3) is 3.79. The van der Waals surface area contributed by atoms with Crippen molar-refractivity contribution in [2.75, 3.05) is 57.8 Å². The van der Waals surface area contributed by atoms with Crippen molar-refractivity contribution >= 4 is 5.95 Å². The maximum absolute atomic E-state index is 5.36. The predicted molar refractivity (Wildman–Crippen MR) is 87.3 cm³/mol. The van der Waals surface area contributed by atoms with Gasteiger partial charge < -0.3 is 19.2 Å². The first-order chi connectivity index (χ1) is 10.6. The summed E-state index contributed by atoms with van der Waals surface area (Å²) in [7, 11) is 2.21. The van der Waals surface area contributed by atoms with Crippen molar-refractivity contribution in [1.82, 2.24) is 19.9 Å². The number of nitrogens with zero attached hydrogens (tertiary/aromatic N) is 5. The van der Waals surface area contributed by atoms with Gasteiger partial charge in [0.25, 0.3) is 5.95 Å². The molecule has 2 aliphatic rings. The van der Waals surface area contributed by atoms with Crippen LogP contribution in [-0.2, 0) is 0 Å². The number of hydrogen-bond acceptors (Lipinski definition) is 6. The van der Waals surface area contributed by atoms with Crippen LogP contribution in [0.5, 0.6) is 0 Å². The van der Waals surface area contributed by atoms with Gasteiger partial charge in [-0.2, -0.15) is 4.98 Å². The maximum Gasteiger partial charge on any atom is 0.266 e. The summed E-state index contributed by atoms with van der Waals surface area (Å²) in [5, 5.41) is 4.17. The molecule has 0 aliphatic carbocycles. The Morgan fingerprint density at radius 2 is 1.95 bits per heavy atom. The van der Waals surface area contributed by atoms with Gasteiger partial charge in [0, 0.05) is 51.7 Å². The van der Waals surface area contributed by atoms with Crippen LogP contribution < -0.4 is 4.90 Å². The lowest BCUT2D eigenvalue weighted by Gasteiger charge is -2.38. The molecule has 0 aromatic carbocycles. The highest BCUT2D eigenvalue weighted by molar-refractivity contribution is 5.29. The molecule has 1 aromatic rings. The fourth-order valence-electron chi connectivity index (χ4n) is 3.38. The van der Waals surface area contributed by atoms with Gasteiger partial charge >= 0.3 is 0 Å². The SMILES string of the molecule is CC(C)c1nc(N2CCCC(CN3CCN(C)CC3)C2)no1. The molecule has 0 spiro atoms. The summed E-state index contributed by atoms with van der Waals surface area (Å²) >= 11 is 0. The van der Waals surface area contributed by atoms with Crippen LogP contribution in [0.2, 0.25) is 0 Å². The fraction of sp³-hybridized carbons (Fsp3) is 0.875. The topological polar surface area (TPSA) is 48.6 Å². The third-order valence-electron chi connectivity index (χ3n) is 4.84. The van der Waals surface area contributed by atoms with Gasteiger partial charge in [-0.05, 0) is 31.0 Å². The number of piperidine rings is 1. The number of likely N-dealkylation sites (N-methyl/N-ethyl adjacent to an activating group) is 1. The molecule has 1 unspecified atom stereocenters. The average Bonchev–Trinajstić information content (AvgIpc) is 3.00. The number of aromatic nitrogens is 2. The van der Waals surface area contributed by atoms with Crippen LogP contribution in [0, 0.1) is 5.92 Å². The van der Waals surface area contributed by atoms with Crippen molar-refractivity contribution < 1.29 is 4.52 Å². The Labute approximate surface area is 133 Å². The fourth-order valence-corrected chi connectivity index (χ4v) is 3.38. The lowest BCUT2D eigenvalue weighted by molar-refractivity contribution is 0.131. The lowest BCUT2D eigenvalue weighted by atomic mass is 9.97. The van der Waals surface area contributed by atoms with Gasteiger partial charge in [-0.1, -0.05) is 13.8 Å². The van der Waals surface area contributed by atoms with Crippen LogP contribution in [0.15, 0.2) is 4.52 Å². The standard InChI is InChI=1S/C16H29N5O/c1-13(2)15-17-16(18-22-15)21-6-4-5-14(12-21)11-20-9-7-19(3)8-10-20/h13-14H,4-12H2,1-3H3. The van der Waals surface area contributed by atoms with Crippen LogP contribution in [0.3, 0.4) is 0 Å². The maximum atomic E-state index is 5.36. The van der Waals surface area contributed by atoms with E-state index in [0.717, 1.165) is 30.8 Å². The number of rotatable bonds is 4. The van der Waals surface area contributed by atoms with E-state index in [1.54, 1.807) is 0 Å². The molecule has 2 fully saturated rings. The number of piperazine rings is 1. The lowest BCUT2D eigenvalue weighted by Crippen LogP contribution is -2.48. The minimum atomic E-state index is 0.298. The molecule has 0 saturated carbocycles. The zero-order valence-electron chi connectivity index (χ0n) is 14.2. The molecule has 2 saturated heterocycles. The molecule has 6 heteroatoms. The Hall–Kier alpha value is -1.14. The third-order valence-corrected chi connectivity index (χ3v) is 4.84. The van der Waals surface area contributed by atoms with Crippen molar-refractivity contribution in [2.45, 2.75) is 32.6 Å². The molecule has 3 rings (SSSR count). The molecule has 1 atom stereocenters. The van der Waals surface area contributed by atoms with Gasteiger partial charge in [-0.15, -0.1) is 0 Å². The second-order valence-electron chi connectivity index (χ2n) is 7.15. The van der Waals surface area contributed by atoms with Crippen LogP contribution in [0.4, 0.5) is 5.95 Å². The molecule has 0 N–H and O–H groups in total. The Kier molecular flexibility index (Phi) is 4.98. The first-order valence-electron chi connectivity index (χ1n) is 8.61. The molecule has 0 amide bonds. The monoisotopic (exact) mass is 307 g/mol. The highest BCUT2D eigenvalue weighted by Crippen LogP contribution is 2.23. The zero-order chi connectivity index (χ0) is 15.5. The highest BCUT2D eigenvalue weighted by Gasteiger charge is 2.26. The molecule has 22 heavy (non-hydrogen) atoms. The average molecular weight is 307 g/mol. The summed E-state index contributed by atoms with van der Waals surface area (Å²) < 4.78 is 5.36. The van der Waals surface area contributed by atoms with Crippen LogP contribution >= 0.6 is 0 Å². The van der Waals surface area contributed by atoms with E-state index in [1.165, 1.54) is 45.6 Å². The second kappa shape index (κ2) is 6.96.